The molecule has 0 bridgehead atoms. The summed E-state index contributed by atoms with van der Waals surface area (Å²) in [5, 5.41) is 15.6. The van der Waals surface area contributed by atoms with E-state index in [-0.39, 0.29) is 16.8 Å². The van der Waals surface area contributed by atoms with Crippen LogP contribution >= 0.6 is 15.9 Å². The number of anilines is 1. The predicted molar refractivity (Wildman–Crippen MR) is 143 cm³/mol. The molecule has 1 atom stereocenters. The maximum Gasteiger partial charge on any atom is 0.339 e. The molecular formula is C26H30BrN3O8. The van der Waals surface area contributed by atoms with Gasteiger partial charge in [-0.25, -0.2) is 9.59 Å². The number of rotatable bonds is 8. The van der Waals surface area contributed by atoms with Gasteiger partial charge in [0.2, 0.25) is 0 Å². The first-order chi connectivity index (χ1) is 18.0. The highest BCUT2D eigenvalue weighted by atomic mass is 79.9. The zero-order valence-electron chi connectivity index (χ0n) is 21.6. The predicted octanol–water partition coefficient (Wildman–Crippen LogP) is 4.39. The number of allylic oxidation sites excluding steroid dienone is 1. The van der Waals surface area contributed by atoms with Gasteiger partial charge in [-0.2, -0.15) is 0 Å². The topological polar surface area (TPSA) is 152 Å². The number of para-hydroxylation sites is 1. The zero-order chi connectivity index (χ0) is 28.4. The summed E-state index contributed by atoms with van der Waals surface area (Å²) in [5.41, 5.74) is 1.75. The summed E-state index contributed by atoms with van der Waals surface area (Å²) < 4.78 is 16.8. The molecule has 0 fully saturated rings. The van der Waals surface area contributed by atoms with Gasteiger partial charge in [-0.1, -0.05) is 28.1 Å². The molecule has 38 heavy (non-hydrogen) atoms. The van der Waals surface area contributed by atoms with Crippen LogP contribution in [0, 0.1) is 0 Å². The maximum atomic E-state index is 13.4. The number of halogens is 1. The van der Waals surface area contributed by atoms with Crippen LogP contribution in [0.1, 0.15) is 49.7 Å². The van der Waals surface area contributed by atoms with Gasteiger partial charge in [0.05, 0.1) is 43.2 Å². The molecule has 204 valence electrons. The zero-order valence-corrected chi connectivity index (χ0v) is 23.2. The quantitative estimate of drug-likeness (QED) is 0.330. The fourth-order valence-corrected chi connectivity index (χ4v) is 4.16. The van der Waals surface area contributed by atoms with Crippen molar-refractivity contribution in [1.82, 2.24) is 10.6 Å². The van der Waals surface area contributed by atoms with Crippen molar-refractivity contribution in [2.75, 3.05) is 25.6 Å². The lowest BCUT2D eigenvalue weighted by Crippen LogP contribution is -2.46. The number of aliphatic carboxylic acids is 1. The highest BCUT2D eigenvalue weighted by Crippen LogP contribution is 2.40. The molecule has 12 heteroatoms. The number of carbonyl (C=O) groups excluding carboxylic acids is 3. The van der Waals surface area contributed by atoms with Gasteiger partial charge in [0, 0.05) is 17.1 Å². The lowest BCUT2D eigenvalue weighted by atomic mass is 9.94. The third kappa shape index (κ3) is 7.72. The summed E-state index contributed by atoms with van der Waals surface area (Å²) in [6, 6.07) is 8.74. The van der Waals surface area contributed by atoms with E-state index in [1.54, 1.807) is 43.3 Å². The maximum absolute atomic E-state index is 13.4. The number of carboxylic acids is 1. The van der Waals surface area contributed by atoms with E-state index in [1.807, 2.05) is 13.8 Å². The summed E-state index contributed by atoms with van der Waals surface area (Å²) in [7, 11) is 1.27. The van der Waals surface area contributed by atoms with Crippen molar-refractivity contribution >= 4 is 45.5 Å². The van der Waals surface area contributed by atoms with E-state index >= 15 is 0 Å². The van der Waals surface area contributed by atoms with Crippen LogP contribution in [0.4, 0.5) is 10.5 Å². The van der Waals surface area contributed by atoms with Crippen LogP contribution in [0.3, 0.4) is 0 Å². The molecule has 0 aliphatic carbocycles. The molecule has 4 N–H and O–H groups in total. The Hall–Kier alpha value is -4.06. The Bertz CT molecular complexity index is 1240. The number of benzene rings is 2. The third-order valence-electron chi connectivity index (χ3n) is 5.07. The standard InChI is InChI=1S/C24H26BrN3O6.C2H4O2/c1-5-33-18-11-15(16(25)12-19(18)34-6-2)21-20(13(3)26-24(31)28-21)22(29)27-17-10-8-7-9-14(17)23(30)32-4;1-2(3)4/h7-12,21H,5-6H2,1-4H3,(H,27,29)(H2,26,28,31);1H3,(H,3,4). The van der Waals surface area contributed by atoms with Crippen LogP contribution in [0.5, 0.6) is 11.5 Å². The van der Waals surface area contributed by atoms with Crippen molar-refractivity contribution in [3.63, 3.8) is 0 Å². The second kappa shape index (κ2) is 14.0. The van der Waals surface area contributed by atoms with Crippen molar-refractivity contribution in [3.8, 4) is 11.5 Å². The monoisotopic (exact) mass is 591 g/mol. The van der Waals surface area contributed by atoms with Crippen molar-refractivity contribution in [2.45, 2.75) is 33.7 Å². The normalized spacial score (nSPS) is 14.3. The van der Waals surface area contributed by atoms with E-state index in [4.69, 9.17) is 24.1 Å². The Balaban J connectivity index is 0.00000118. The van der Waals surface area contributed by atoms with Gasteiger partial charge in [0.15, 0.2) is 11.5 Å². The number of ether oxygens (including phenoxy) is 3. The fraction of sp³-hybridized carbons (Fsp3) is 0.308. The SMILES string of the molecule is CC(=O)O.CCOc1cc(Br)c(C2NC(=O)NC(C)=C2C(=O)Nc2ccccc2C(=O)OC)cc1OCC. The molecule has 0 saturated heterocycles. The van der Waals surface area contributed by atoms with E-state index in [0.29, 0.717) is 40.4 Å². The van der Waals surface area contributed by atoms with E-state index < -0.39 is 29.9 Å². The van der Waals surface area contributed by atoms with Crippen molar-refractivity contribution in [3.05, 3.63) is 63.3 Å². The van der Waals surface area contributed by atoms with Crippen LogP contribution in [0.15, 0.2) is 52.1 Å². The number of urea groups is 1. The molecule has 0 saturated carbocycles. The lowest BCUT2D eigenvalue weighted by Gasteiger charge is -2.30. The number of carbonyl (C=O) groups is 4. The van der Waals surface area contributed by atoms with Crippen LogP contribution in [0.2, 0.25) is 0 Å². The van der Waals surface area contributed by atoms with Crippen molar-refractivity contribution in [2.24, 2.45) is 0 Å². The van der Waals surface area contributed by atoms with Gasteiger partial charge in [-0.05, 0) is 50.6 Å². The first kappa shape index (κ1) is 30.2. The van der Waals surface area contributed by atoms with Gasteiger partial charge in [-0.3, -0.25) is 9.59 Å². The molecule has 2 aromatic rings. The van der Waals surface area contributed by atoms with Gasteiger partial charge < -0.3 is 35.3 Å². The Morgan fingerprint density at radius 2 is 1.66 bits per heavy atom. The number of esters is 1. The minimum atomic E-state index is -0.833. The molecule has 1 aliphatic heterocycles. The average molecular weight is 592 g/mol. The van der Waals surface area contributed by atoms with E-state index in [2.05, 4.69) is 31.9 Å². The number of carboxylic acid groups (broad SMARTS) is 1. The molecule has 2 aromatic carbocycles. The smallest absolute Gasteiger partial charge is 0.339 e. The average Bonchev–Trinajstić information content (AvgIpc) is 2.84. The number of amides is 3. The summed E-state index contributed by atoms with van der Waals surface area (Å²) in [4.78, 5) is 46.9. The van der Waals surface area contributed by atoms with E-state index in [0.717, 1.165) is 6.92 Å². The number of hydrogen-bond donors (Lipinski definition) is 4. The molecule has 1 unspecified atom stereocenters. The number of hydrogen-bond acceptors (Lipinski definition) is 7. The van der Waals surface area contributed by atoms with Gasteiger partial charge in [0.1, 0.15) is 0 Å². The molecule has 1 heterocycles. The van der Waals surface area contributed by atoms with Gasteiger partial charge in [0.25, 0.3) is 11.9 Å². The molecule has 1 aliphatic rings. The third-order valence-corrected chi connectivity index (χ3v) is 5.75. The molecule has 0 radical (unpaired) electrons. The lowest BCUT2D eigenvalue weighted by molar-refractivity contribution is -0.134. The number of methoxy groups -OCH3 is 1. The summed E-state index contributed by atoms with van der Waals surface area (Å²) in [5.74, 6) is -0.878. The van der Waals surface area contributed by atoms with Crippen LogP contribution in [-0.4, -0.2) is 49.3 Å². The van der Waals surface area contributed by atoms with Gasteiger partial charge in [-0.15, -0.1) is 0 Å². The Morgan fingerprint density at radius 1 is 1.08 bits per heavy atom. The minimum Gasteiger partial charge on any atom is -0.490 e. The first-order valence-electron chi connectivity index (χ1n) is 11.6. The highest BCUT2D eigenvalue weighted by molar-refractivity contribution is 9.10. The summed E-state index contributed by atoms with van der Waals surface area (Å²) in [6.45, 7) is 7.30. The molecule has 0 spiro atoms. The summed E-state index contributed by atoms with van der Waals surface area (Å²) >= 11 is 3.54. The van der Waals surface area contributed by atoms with E-state index in [9.17, 15) is 14.4 Å². The van der Waals surface area contributed by atoms with Crippen LogP contribution in [-0.2, 0) is 14.3 Å². The second-order valence-corrected chi connectivity index (χ2v) is 8.62. The van der Waals surface area contributed by atoms with Crippen LogP contribution in [0.25, 0.3) is 0 Å². The molecule has 11 nitrogen and oxygen atoms in total. The second-order valence-electron chi connectivity index (χ2n) is 7.77. The number of nitrogens with one attached hydrogen (secondary N) is 3. The first-order valence-corrected chi connectivity index (χ1v) is 12.4. The highest BCUT2D eigenvalue weighted by Gasteiger charge is 2.33. The van der Waals surface area contributed by atoms with Crippen molar-refractivity contribution < 1.29 is 38.5 Å². The van der Waals surface area contributed by atoms with Crippen LogP contribution < -0.4 is 25.4 Å². The molecule has 3 rings (SSSR count). The molecular weight excluding hydrogens is 562 g/mol. The van der Waals surface area contributed by atoms with Gasteiger partial charge >= 0.3 is 12.0 Å². The Labute approximate surface area is 228 Å². The largest absolute Gasteiger partial charge is 0.490 e. The molecule has 3 amide bonds. The summed E-state index contributed by atoms with van der Waals surface area (Å²) in [6.07, 6.45) is 0. The molecule has 0 aromatic heterocycles. The Kier molecular flexibility index (Phi) is 11.1. The minimum absolute atomic E-state index is 0.210. The Morgan fingerprint density at radius 3 is 2.24 bits per heavy atom. The van der Waals surface area contributed by atoms with Crippen molar-refractivity contribution in [1.29, 1.82) is 0 Å². The van der Waals surface area contributed by atoms with E-state index in [1.165, 1.54) is 7.11 Å². The fourth-order valence-electron chi connectivity index (χ4n) is 3.61.